The van der Waals surface area contributed by atoms with Gasteiger partial charge in [0.25, 0.3) is 0 Å². The third-order valence-corrected chi connectivity index (χ3v) is 2.66. The van der Waals surface area contributed by atoms with Gasteiger partial charge in [0.2, 0.25) is 0 Å². The van der Waals surface area contributed by atoms with E-state index in [1.165, 1.54) is 25.4 Å². The Morgan fingerprint density at radius 2 is 2.31 bits per heavy atom. The number of benzene rings is 1. The monoisotopic (exact) mass is 240 g/mol. The number of nitrogens with zero attached hydrogens (tertiary/aromatic N) is 2. The van der Waals surface area contributed by atoms with Crippen molar-refractivity contribution in [3.63, 3.8) is 0 Å². The largest absolute Gasteiger partial charge is 0.494 e. The highest BCUT2D eigenvalue weighted by molar-refractivity contribution is 6.99. The average molecular weight is 240 g/mol. The molecule has 0 amide bonds. The van der Waals surface area contributed by atoms with Gasteiger partial charge in [0.1, 0.15) is 11.8 Å². The third-order valence-electron chi connectivity index (χ3n) is 2.17. The maximum absolute atomic E-state index is 13.8. The lowest BCUT2D eigenvalue weighted by molar-refractivity contribution is 0.209. The van der Waals surface area contributed by atoms with Crippen molar-refractivity contribution in [1.29, 1.82) is 0 Å². The quantitative estimate of drug-likeness (QED) is 0.888. The Labute approximate surface area is 95.7 Å². The number of methoxy groups -OCH3 is 1. The molecule has 1 aromatic heterocycles. The zero-order valence-corrected chi connectivity index (χ0v) is 9.24. The minimum atomic E-state index is -1.12. The second-order valence-electron chi connectivity index (χ2n) is 3.10. The van der Waals surface area contributed by atoms with E-state index in [1.807, 2.05) is 0 Å². The summed E-state index contributed by atoms with van der Waals surface area (Å²) in [7, 11) is 1.37. The van der Waals surface area contributed by atoms with E-state index in [0.717, 1.165) is 11.7 Å². The van der Waals surface area contributed by atoms with Crippen LogP contribution in [0.15, 0.2) is 24.4 Å². The Morgan fingerprint density at radius 1 is 1.50 bits per heavy atom. The number of aliphatic hydroxyl groups is 1. The van der Waals surface area contributed by atoms with Crippen LogP contribution in [0.4, 0.5) is 4.39 Å². The maximum atomic E-state index is 13.8. The lowest BCUT2D eigenvalue weighted by atomic mass is 10.1. The SMILES string of the molecule is COc1cccc(C(O)c2cnsn2)c1F. The number of rotatable bonds is 3. The lowest BCUT2D eigenvalue weighted by Gasteiger charge is -2.11. The molecule has 0 saturated carbocycles. The van der Waals surface area contributed by atoms with Gasteiger partial charge in [-0.1, -0.05) is 12.1 Å². The van der Waals surface area contributed by atoms with Gasteiger partial charge in [-0.3, -0.25) is 0 Å². The van der Waals surface area contributed by atoms with E-state index in [-0.39, 0.29) is 11.3 Å². The van der Waals surface area contributed by atoms with Gasteiger partial charge in [-0.2, -0.15) is 8.75 Å². The molecule has 2 rings (SSSR count). The van der Waals surface area contributed by atoms with Gasteiger partial charge in [-0.05, 0) is 6.07 Å². The summed E-state index contributed by atoms with van der Waals surface area (Å²) in [6.07, 6.45) is 0.294. The zero-order chi connectivity index (χ0) is 11.5. The van der Waals surface area contributed by atoms with Gasteiger partial charge in [-0.15, -0.1) is 0 Å². The molecule has 1 N–H and O–H groups in total. The number of hydrogen-bond donors (Lipinski definition) is 1. The predicted octanol–water partition coefficient (Wildman–Crippen LogP) is 1.77. The molecule has 84 valence electrons. The smallest absolute Gasteiger partial charge is 0.171 e. The normalized spacial score (nSPS) is 12.4. The molecule has 1 atom stereocenters. The number of halogens is 1. The van der Waals surface area contributed by atoms with Crippen molar-refractivity contribution < 1.29 is 14.2 Å². The molecule has 2 aromatic rings. The van der Waals surface area contributed by atoms with Crippen molar-refractivity contribution in [1.82, 2.24) is 8.75 Å². The Kier molecular flexibility index (Phi) is 3.12. The first kappa shape index (κ1) is 11.0. The van der Waals surface area contributed by atoms with Crippen LogP contribution in [0.5, 0.6) is 5.75 Å². The molecular formula is C10H9FN2O2S. The molecule has 0 aliphatic carbocycles. The summed E-state index contributed by atoms with van der Waals surface area (Å²) in [5.41, 5.74) is 0.462. The first-order valence-electron chi connectivity index (χ1n) is 4.52. The summed E-state index contributed by atoms with van der Waals surface area (Å²) < 4.78 is 26.2. The van der Waals surface area contributed by atoms with E-state index in [2.05, 4.69) is 8.75 Å². The molecule has 0 aliphatic rings. The minimum Gasteiger partial charge on any atom is -0.494 e. The van der Waals surface area contributed by atoms with E-state index in [0.29, 0.717) is 5.69 Å². The van der Waals surface area contributed by atoms with Crippen molar-refractivity contribution in [3.05, 3.63) is 41.5 Å². The molecule has 0 spiro atoms. The molecule has 4 nitrogen and oxygen atoms in total. The Hall–Kier alpha value is -1.53. The highest BCUT2D eigenvalue weighted by Gasteiger charge is 2.19. The molecule has 6 heteroatoms. The zero-order valence-electron chi connectivity index (χ0n) is 8.42. The van der Waals surface area contributed by atoms with Crippen LogP contribution in [0.25, 0.3) is 0 Å². The molecule has 16 heavy (non-hydrogen) atoms. The third kappa shape index (κ3) is 1.89. The summed E-state index contributed by atoms with van der Waals surface area (Å²) in [4.78, 5) is 0. The van der Waals surface area contributed by atoms with E-state index >= 15 is 0 Å². The van der Waals surface area contributed by atoms with Gasteiger partial charge in [0.05, 0.1) is 25.0 Å². The molecule has 1 aromatic carbocycles. The Balaban J connectivity index is 2.41. The number of ether oxygens (including phenoxy) is 1. The van der Waals surface area contributed by atoms with Crippen molar-refractivity contribution >= 4 is 11.7 Å². The molecule has 0 radical (unpaired) electrons. The maximum Gasteiger partial charge on any atom is 0.171 e. The average Bonchev–Trinajstić information content (AvgIpc) is 2.82. The Bertz CT molecular complexity index is 476. The summed E-state index contributed by atoms with van der Waals surface area (Å²) in [5, 5.41) is 9.89. The van der Waals surface area contributed by atoms with Crippen LogP contribution in [0.2, 0.25) is 0 Å². The first-order chi connectivity index (χ1) is 7.74. The van der Waals surface area contributed by atoms with E-state index in [1.54, 1.807) is 6.07 Å². The second kappa shape index (κ2) is 4.54. The molecule has 1 unspecified atom stereocenters. The van der Waals surface area contributed by atoms with Crippen molar-refractivity contribution in [2.75, 3.05) is 7.11 Å². The lowest BCUT2D eigenvalue weighted by Crippen LogP contribution is -2.04. The van der Waals surface area contributed by atoms with Gasteiger partial charge < -0.3 is 9.84 Å². The fourth-order valence-corrected chi connectivity index (χ4v) is 1.79. The van der Waals surface area contributed by atoms with E-state index < -0.39 is 11.9 Å². The van der Waals surface area contributed by atoms with Gasteiger partial charge in [-0.25, -0.2) is 4.39 Å². The number of aliphatic hydroxyl groups excluding tert-OH is 1. The molecule has 0 saturated heterocycles. The summed E-state index contributed by atoms with van der Waals surface area (Å²) >= 11 is 0.965. The standard InChI is InChI=1S/C10H9FN2O2S/c1-15-8-4-2-3-6(9(8)11)10(14)7-5-12-16-13-7/h2-5,10,14H,1H3. The van der Waals surface area contributed by atoms with Crippen LogP contribution in [0, 0.1) is 5.82 Å². The van der Waals surface area contributed by atoms with Gasteiger partial charge in [0.15, 0.2) is 11.6 Å². The van der Waals surface area contributed by atoms with Crippen LogP contribution in [-0.2, 0) is 0 Å². The molecule has 0 aliphatic heterocycles. The van der Waals surface area contributed by atoms with Gasteiger partial charge in [0, 0.05) is 5.56 Å². The predicted molar refractivity (Wildman–Crippen MR) is 56.9 cm³/mol. The molecule has 1 heterocycles. The minimum absolute atomic E-state index is 0.0970. The van der Waals surface area contributed by atoms with Crippen LogP contribution in [0.1, 0.15) is 17.4 Å². The fourth-order valence-electron chi connectivity index (χ4n) is 1.35. The number of hydrogen-bond acceptors (Lipinski definition) is 5. The highest BCUT2D eigenvalue weighted by Crippen LogP contribution is 2.28. The van der Waals surface area contributed by atoms with Crippen LogP contribution >= 0.6 is 11.7 Å². The second-order valence-corrected chi connectivity index (χ2v) is 3.66. The highest BCUT2D eigenvalue weighted by atomic mass is 32.1. The van der Waals surface area contributed by atoms with E-state index in [9.17, 15) is 9.50 Å². The first-order valence-corrected chi connectivity index (χ1v) is 5.25. The summed E-state index contributed by atoms with van der Waals surface area (Å²) in [6.45, 7) is 0. The van der Waals surface area contributed by atoms with Crippen molar-refractivity contribution in [2.45, 2.75) is 6.10 Å². The van der Waals surface area contributed by atoms with E-state index in [4.69, 9.17) is 4.74 Å². The summed E-state index contributed by atoms with van der Waals surface area (Å²) in [5.74, 6) is -0.481. The van der Waals surface area contributed by atoms with Gasteiger partial charge >= 0.3 is 0 Å². The molecular weight excluding hydrogens is 231 g/mol. The molecule has 0 fully saturated rings. The fraction of sp³-hybridized carbons (Fsp3) is 0.200. The molecule has 0 bridgehead atoms. The van der Waals surface area contributed by atoms with Crippen molar-refractivity contribution in [3.8, 4) is 5.75 Å². The van der Waals surface area contributed by atoms with Crippen LogP contribution in [-0.4, -0.2) is 21.0 Å². The van der Waals surface area contributed by atoms with Crippen molar-refractivity contribution in [2.24, 2.45) is 0 Å². The number of aromatic nitrogens is 2. The topological polar surface area (TPSA) is 55.2 Å². The summed E-state index contributed by atoms with van der Waals surface area (Å²) in [6, 6.07) is 4.59. The Morgan fingerprint density at radius 3 is 2.94 bits per heavy atom. The van der Waals surface area contributed by atoms with Crippen LogP contribution < -0.4 is 4.74 Å². The van der Waals surface area contributed by atoms with Crippen LogP contribution in [0.3, 0.4) is 0 Å².